The van der Waals surface area contributed by atoms with Crippen LogP contribution in [0, 0.1) is 6.92 Å². The van der Waals surface area contributed by atoms with Gasteiger partial charge in [-0.3, -0.25) is 4.98 Å². The number of hydrogen-bond acceptors (Lipinski definition) is 5. The highest BCUT2D eigenvalue weighted by atomic mass is 32.1. The molecule has 0 saturated carbocycles. The van der Waals surface area contributed by atoms with Crippen molar-refractivity contribution in [3.63, 3.8) is 0 Å². The highest BCUT2D eigenvalue weighted by Gasteiger charge is 2.15. The van der Waals surface area contributed by atoms with E-state index in [0.717, 1.165) is 22.3 Å². The van der Waals surface area contributed by atoms with Gasteiger partial charge in [0.25, 0.3) is 0 Å². The summed E-state index contributed by atoms with van der Waals surface area (Å²) in [5, 5.41) is 2.44. The summed E-state index contributed by atoms with van der Waals surface area (Å²) in [7, 11) is 0. The van der Waals surface area contributed by atoms with E-state index in [1.807, 2.05) is 31.3 Å². The number of fused-ring (bicyclic) bond motifs is 3. The van der Waals surface area contributed by atoms with Crippen molar-refractivity contribution in [3.8, 4) is 33.9 Å². The average molecular weight is 431 g/mol. The maximum absolute atomic E-state index is 4.91. The minimum Gasteiger partial charge on any atom is -0.264 e. The van der Waals surface area contributed by atoms with Crippen molar-refractivity contribution in [3.05, 3.63) is 97.1 Å². The number of benzene rings is 3. The van der Waals surface area contributed by atoms with E-state index in [1.54, 1.807) is 17.5 Å². The van der Waals surface area contributed by atoms with Crippen molar-refractivity contribution >= 4 is 31.5 Å². The Hall–Kier alpha value is -3.96. The second-order valence-electron chi connectivity index (χ2n) is 7.63. The number of aryl methyl sites for hydroxylation is 1. The van der Waals surface area contributed by atoms with Crippen LogP contribution >= 0.6 is 11.3 Å². The first-order chi connectivity index (χ1) is 15.8. The van der Waals surface area contributed by atoms with E-state index in [4.69, 9.17) is 9.97 Å². The average Bonchev–Trinajstić information content (AvgIpc) is 3.23. The van der Waals surface area contributed by atoms with Gasteiger partial charge in [0, 0.05) is 49.3 Å². The molecule has 0 radical (unpaired) electrons. The smallest absolute Gasteiger partial charge is 0.164 e. The van der Waals surface area contributed by atoms with Crippen LogP contribution < -0.4 is 0 Å². The molecule has 0 aliphatic heterocycles. The summed E-state index contributed by atoms with van der Waals surface area (Å²) in [6.45, 7) is 1.92. The second-order valence-corrected chi connectivity index (χ2v) is 8.71. The topological polar surface area (TPSA) is 51.6 Å². The summed E-state index contributed by atoms with van der Waals surface area (Å²) < 4.78 is 2.51. The van der Waals surface area contributed by atoms with Crippen LogP contribution in [-0.2, 0) is 0 Å². The molecule has 0 amide bonds. The molecule has 5 heteroatoms. The highest BCUT2D eigenvalue weighted by molar-refractivity contribution is 7.25. The summed E-state index contributed by atoms with van der Waals surface area (Å²) in [5.74, 6) is 2.08. The van der Waals surface area contributed by atoms with Crippen LogP contribution in [0.4, 0.5) is 0 Å². The molecule has 6 aromatic rings. The summed E-state index contributed by atoms with van der Waals surface area (Å²) in [5.41, 5.74) is 4.14. The first kappa shape index (κ1) is 18.8. The van der Waals surface area contributed by atoms with Crippen molar-refractivity contribution in [1.82, 2.24) is 19.9 Å². The van der Waals surface area contributed by atoms with E-state index in [2.05, 4.69) is 70.6 Å². The lowest BCUT2D eigenvalue weighted by Gasteiger charge is -2.09. The molecule has 0 fully saturated rings. The van der Waals surface area contributed by atoms with Crippen LogP contribution in [0.25, 0.3) is 54.1 Å². The third-order valence-corrected chi connectivity index (χ3v) is 6.64. The normalized spacial score (nSPS) is 11.3. The molecular formula is C27H18N4S. The Morgan fingerprint density at radius 2 is 1.44 bits per heavy atom. The molecule has 0 atom stereocenters. The summed E-state index contributed by atoms with van der Waals surface area (Å²) >= 11 is 1.80. The standard InChI is InChI=1S/C27H18N4S/c1-17-29-26(19-8-4-7-18(15-19)20-9-6-14-28-16-20)31-27(30-17)22-11-5-13-24-25(22)21-10-2-3-12-23(21)32-24/h2-16H,1H3. The quantitative estimate of drug-likeness (QED) is 0.305. The molecule has 6 rings (SSSR count). The Balaban J connectivity index is 1.53. The van der Waals surface area contributed by atoms with E-state index in [0.29, 0.717) is 17.5 Å². The van der Waals surface area contributed by atoms with Crippen LogP contribution in [0.3, 0.4) is 0 Å². The number of thiophene rings is 1. The fraction of sp³-hybridized carbons (Fsp3) is 0.0370. The largest absolute Gasteiger partial charge is 0.264 e. The Morgan fingerprint density at radius 3 is 2.34 bits per heavy atom. The molecule has 152 valence electrons. The van der Waals surface area contributed by atoms with Crippen LogP contribution in [0.5, 0.6) is 0 Å². The van der Waals surface area contributed by atoms with Gasteiger partial charge >= 0.3 is 0 Å². The number of nitrogens with zero attached hydrogens (tertiary/aromatic N) is 4. The molecule has 3 aromatic heterocycles. The summed E-state index contributed by atoms with van der Waals surface area (Å²) in [6.07, 6.45) is 3.65. The van der Waals surface area contributed by atoms with Crippen molar-refractivity contribution in [1.29, 1.82) is 0 Å². The van der Waals surface area contributed by atoms with Crippen LogP contribution in [0.15, 0.2) is 91.3 Å². The minimum atomic E-state index is 0.676. The first-order valence-electron chi connectivity index (χ1n) is 10.4. The Bertz CT molecular complexity index is 1590. The molecule has 32 heavy (non-hydrogen) atoms. The predicted molar refractivity (Wildman–Crippen MR) is 132 cm³/mol. The molecule has 3 heterocycles. The van der Waals surface area contributed by atoms with Gasteiger partial charge in [-0.2, -0.15) is 0 Å². The first-order valence-corrected chi connectivity index (χ1v) is 11.2. The molecule has 0 spiro atoms. The summed E-state index contributed by atoms with van der Waals surface area (Å²) in [6, 6.07) is 27.1. The van der Waals surface area contributed by atoms with Gasteiger partial charge in [0.05, 0.1) is 0 Å². The molecule has 4 nitrogen and oxygen atoms in total. The molecule has 0 saturated heterocycles. The zero-order chi connectivity index (χ0) is 21.5. The second kappa shape index (κ2) is 7.62. The van der Waals surface area contributed by atoms with Crippen LogP contribution in [0.1, 0.15) is 5.82 Å². The van der Waals surface area contributed by atoms with Gasteiger partial charge in [-0.15, -0.1) is 11.3 Å². The third kappa shape index (κ3) is 3.24. The molecule has 3 aromatic carbocycles. The molecular weight excluding hydrogens is 412 g/mol. The van der Waals surface area contributed by atoms with E-state index in [-0.39, 0.29) is 0 Å². The highest BCUT2D eigenvalue weighted by Crippen LogP contribution is 2.39. The molecule has 0 unspecified atom stereocenters. The third-order valence-electron chi connectivity index (χ3n) is 5.51. The van der Waals surface area contributed by atoms with Gasteiger partial charge in [0.15, 0.2) is 11.6 Å². The van der Waals surface area contributed by atoms with Crippen LogP contribution in [-0.4, -0.2) is 19.9 Å². The van der Waals surface area contributed by atoms with Crippen molar-refractivity contribution < 1.29 is 0 Å². The molecule has 0 aliphatic rings. The van der Waals surface area contributed by atoms with Crippen molar-refractivity contribution in [2.45, 2.75) is 6.92 Å². The van der Waals surface area contributed by atoms with E-state index >= 15 is 0 Å². The number of rotatable bonds is 3. The molecule has 0 N–H and O–H groups in total. The SMILES string of the molecule is Cc1nc(-c2cccc(-c3cccnc3)c2)nc(-c2cccc3sc4ccccc4c23)n1. The Kier molecular flexibility index (Phi) is 4.47. The summed E-state index contributed by atoms with van der Waals surface area (Å²) in [4.78, 5) is 18.5. The fourth-order valence-corrected chi connectivity index (χ4v) is 5.20. The fourth-order valence-electron chi connectivity index (χ4n) is 4.06. The lowest BCUT2D eigenvalue weighted by molar-refractivity contribution is 0.993. The van der Waals surface area contributed by atoms with Crippen molar-refractivity contribution in [2.24, 2.45) is 0 Å². The van der Waals surface area contributed by atoms with E-state index < -0.39 is 0 Å². The maximum Gasteiger partial charge on any atom is 0.164 e. The Morgan fingerprint density at radius 1 is 0.656 bits per heavy atom. The monoisotopic (exact) mass is 430 g/mol. The Labute approximate surface area is 189 Å². The van der Waals surface area contributed by atoms with Crippen LogP contribution in [0.2, 0.25) is 0 Å². The number of pyridine rings is 1. The number of hydrogen-bond donors (Lipinski definition) is 0. The van der Waals surface area contributed by atoms with E-state index in [9.17, 15) is 0 Å². The van der Waals surface area contributed by atoms with Gasteiger partial charge < -0.3 is 0 Å². The predicted octanol–water partition coefficient (Wildman–Crippen LogP) is 6.94. The van der Waals surface area contributed by atoms with Gasteiger partial charge in [-0.05, 0) is 36.8 Å². The van der Waals surface area contributed by atoms with Gasteiger partial charge in [-0.1, -0.05) is 54.6 Å². The van der Waals surface area contributed by atoms with Gasteiger partial charge in [-0.25, -0.2) is 15.0 Å². The minimum absolute atomic E-state index is 0.676. The maximum atomic E-state index is 4.91. The zero-order valence-electron chi connectivity index (χ0n) is 17.4. The zero-order valence-corrected chi connectivity index (χ0v) is 18.2. The van der Waals surface area contributed by atoms with Gasteiger partial charge in [0.2, 0.25) is 0 Å². The lowest BCUT2D eigenvalue weighted by Crippen LogP contribution is -2.00. The molecule has 0 aliphatic carbocycles. The molecule has 0 bridgehead atoms. The van der Waals surface area contributed by atoms with E-state index in [1.165, 1.54) is 20.2 Å². The van der Waals surface area contributed by atoms with Gasteiger partial charge in [0.1, 0.15) is 5.82 Å². The lowest BCUT2D eigenvalue weighted by atomic mass is 10.0. The van der Waals surface area contributed by atoms with Crippen molar-refractivity contribution in [2.75, 3.05) is 0 Å². The number of aromatic nitrogens is 4.